The Balaban J connectivity index is 1.94. The third-order valence-electron chi connectivity index (χ3n) is 4.08. The van der Waals surface area contributed by atoms with Crippen molar-refractivity contribution in [3.05, 3.63) is 93.6 Å². The summed E-state index contributed by atoms with van der Waals surface area (Å²) in [5.41, 5.74) is -1.09. The topological polar surface area (TPSA) is 52.6 Å². The van der Waals surface area contributed by atoms with Gasteiger partial charge in [-0.3, -0.25) is 0 Å². The molecule has 0 fully saturated rings. The van der Waals surface area contributed by atoms with E-state index >= 15 is 0 Å². The van der Waals surface area contributed by atoms with E-state index < -0.39 is 81.1 Å². The molecule has 0 aromatic heterocycles. The van der Waals surface area contributed by atoms with Crippen LogP contribution in [0, 0.1) is 53.5 Å². The Morgan fingerprint density at radius 2 is 0.848 bits per heavy atom. The minimum Gasteiger partial charge on any atom is -0.416 e. The van der Waals surface area contributed by atoms with Gasteiger partial charge in [-0.1, -0.05) is 0 Å². The first-order chi connectivity index (χ1) is 15.4. The van der Waals surface area contributed by atoms with Crippen LogP contribution in [0.5, 0.6) is 11.5 Å². The normalized spacial score (nSPS) is 10.8. The van der Waals surface area contributed by atoms with E-state index in [1.54, 1.807) is 0 Å². The smallest absolute Gasteiger partial charge is 0.343 e. The number of esters is 2. The highest BCUT2D eigenvalue weighted by molar-refractivity contribution is 5.97. The molecular weight excluding hydrogens is 468 g/mol. The highest BCUT2D eigenvalue weighted by atomic mass is 19.2. The Morgan fingerprint density at radius 3 is 1.15 bits per heavy atom. The van der Waals surface area contributed by atoms with Gasteiger partial charge in [0.1, 0.15) is 0 Å². The molecule has 172 valence electrons. The molecule has 0 aliphatic rings. The lowest BCUT2D eigenvalue weighted by atomic mass is 10.1. The number of aryl methyl sites for hydroxylation is 1. The summed E-state index contributed by atoms with van der Waals surface area (Å²) < 4.78 is 117. The van der Waals surface area contributed by atoms with Crippen LogP contribution >= 0.6 is 0 Å². The predicted octanol–water partition coefficient (Wildman–Crippen LogP) is 5.55. The van der Waals surface area contributed by atoms with Gasteiger partial charge < -0.3 is 9.47 Å². The molecule has 0 heterocycles. The molecule has 0 saturated heterocycles. The Hall–Kier alpha value is -3.96. The van der Waals surface area contributed by atoms with Gasteiger partial charge in [0.05, 0.1) is 11.1 Å². The standard InChI is InChI=1S/C21H8F8O4/c1-7-2-8(20(30)32-18-14(26)10(22)5-11(23)15(18)27)4-9(3-7)21(31)33-19-16(28)12(24)6-13(25)17(19)29/h2-6H,1H3. The lowest BCUT2D eigenvalue weighted by Crippen LogP contribution is -2.16. The maximum Gasteiger partial charge on any atom is 0.343 e. The summed E-state index contributed by atoms with van der Waals surface area (Å²) in [6, 6.07) is 2.49. The summed E-state index contributed by atoms with van der Waals surface area (Å²) in [6.07, 6.45) is 0. The van der Waals surface area contributed by atoms with Crippen LogP contribution in [0.4, 0.5) is 35.1 Å². The first-order valence-corrected chi connectivity index (χ1v) is 8.62. The molecule has 0 aliphatic heterocycles. The average Bonchev–Trinajstić information content (AvgIpc) is 2.76. The van der Waals surface area contributed by atoms with Crippen LogP contribution in [0.3, 0.4) is 0 Å². The van der Waals surface area contributed by atoms with Crippen LogP contribution in [-0.2, 0) is 0 Å². The summed E-state index contributed by atoms with van der Waals surface area (Å²) in [5.74, 6) is -22.0. The minimum atomic E-state index is -2.01. The van der Waals surface area contributed by atoms with Crippen molar-refractivity contribution in [3.63, 3.8) is 0 Å². The lowest BCUT2D eigenvalue weighted by Gasteiger charge is -2.11. The fourth-order valence-electron chi connectivity index (χ4n) is 2.60. The molecule has 0 spiro atoms. The van der Waals surface area contributed by atoms with Crippen molar-refractivity contribution >= 4 is 11.9 Å². The highest BCUT2D eigenvalue weighted by Gasteiger charge is 2.26. The van der Waals surface area contributed by atoms with Crippen molar-refractivity contribution < 1.29 is 54.2 Å². The van der Waals surface area contributed by atoms with Gasteiger partial charge in [-0.15, -0.1) is 0 Å². The molecule has 0 N–H and O–H groups in total. The molecule has 0 atom stereocenters. The van der Waals surface area contributed by atoms with Gasteiger partial charge in [0, 0.05) is 12.1 Å². The summed E-state index contributed by atoms with van der Waals surface area (Å²) in [5, 5.41) is 0. The summed E-state index contributed by atoms with van der Waals surface area (Å²) >= 11 is 0. The molecule has 12 heteroatoms. The fourth-order valence-corrected chi connectivity index (χ4v) is 2.60. The molecule has 0 saturated carbocycles. The minimum absolute atomic E-state index is 0.106. The van der Waals surface area contributed by atoms with E-state index in [0.717, 1.165) is 12.1 Å². The molecule has 3 aromatic rings. The van der Waals surface area contributed by atoms with Gasteiger partial charge in [-0.2, -0.15) is 17.6 Å². The third-order valence-corrected chi connectivity index (χ3v) is 4.08. The maximum absolute atomic E-state index is 13.7. The number of halogens is 8. The van der Waals surface area contributed by atoms with Crippen molar-refractivity contribution in [1.82, 2.24) is 0 Å². The molecule has 0 radical (unpaired) electrons. The second-order valence-corrected chi connectivity index (χ2v) is 6.46. The zero-order valence-electron chi connectivity index (χ0n) is 16.0. The summed E-state index contributed by atoms with van der Waals surface area (Å²) in [4.78, 5) is 24.5. The van der Waals surface area contributed by atoms with E-state index in [9.17, 15) is 44.7 Å². The predicted molar refractivity (Wildman–Crippen MR) is 93.6 cm³/mol. The van der Waals surface area contributed by atoms with Crippen LogP contribution in [-0.4, -0.2) is 11.9 Å². The summed E-state index contributed by atoms with van der Waals surface area (Å²) in [7, 11) is 0. The van der Waals surface area contributed by atoms with Gasteiger partial charge in [0.25, 0.3) is 0 Å². The van der Waals surface area contributed by atoms with Crippen LogP contribution < -0.4 is 9.47 Å². The fraction of sp³-hybridized carbons (Fsp3) is 0.0476. The number of hydrogen-bond acceptors (Lipinski definition) is 4. The lowest BCUT2D eigenvalue weighted by molar-refractivity contribution is 0.0716. The second kappa shape index (κ2) is 8.88. The number of carbonyl (C=O) groups excluding carboxylic acids is 2. The van der Waals surface area contributed by atoms with Crippen LogP contribution in [0.25, 0.3) is 0 Å². The first kappa shape index (κ1) is 23.7. The number of hydrogen-bond donors (Lipinski definition) is 0. The van der Waals surface area contributed by atoms with Crippen molar-refractivity contribution in [1.29, 1.82) is 0 Å². The van der Waals surface area contributed by atoms with Crippen molar-refractivity contribution in [3.8, 4) is 11.5 Å². The molecular formula is C21H8F8O4. The van der Waals surface area contributed by atoms with Gasteiger partial charge in [0.2, 0.25) is 34.8 Å². The SMILES string of the molecule is Cc1cc(C(=O)Oc2c(F)c(F)cc(F)c2F)cc(C(=O)Oc2c(F)c(F)cc(F)c2F)c1. The molecule has 3 aromatic carbocycles. The quantitative estimate of drug-likeness (QED) is 0.215. The Labute approximate surface area is 179 Å². The van der Waals surface area contributed by atoms with E-state index in [0.29, 0.717) is 6.07 Å². The Bertz CT molecular complexity index is 1160. The van der Waals surface area contributed by atoms with E-state index in [1.165, 1.54) is 6.92 Å². The second-order valence-electron chi connectivity index (χ2n) is 6.46. The maximum atomic E-state index is 13.7. The first-order valence-electron chi connectivity index (χ1n) is 8.62. The zero-order chi connectivity index (χ0) is 24.6. The molecule has 4 nitrogen and oxygen atoms in total. The van der Waals surface area contributed by atoms with E-state index in [2.05, 4.69) is 9.47 Å². The number of benzene rings is 3. The van der Waals surface area contributed by atoms with Gasteiger partial charge in [-0.25, -0.2) is 27.2 Å². The molecule has 0 amide bonds. The average molecular weight is 476 g/mol. The molecule has 0 aliphatic carbocycles. The summed E-state index contributed by atoms with van der Waals surface area (Å²) in [6.45, 7) is 1.31. The van der Waals surface area contributed by atoms with E-state index in [1.807, 2.05) is 0 Å². The molecule has 3 rings (SSSR count). The van der Waals surface area contributed by atoms with Gasteiger partial charge >= 0.3 is 11.9 Å². The Morgan fingerprint density at radius 1 is 0.545 bits per heavy atom. The molecule has 33 heavy (non-hydrogen) atoms. The number of ether oxygens (including phenoxy) is 2. The monoisotopic (exact) mass is 476 g/mol. The number of carbonyl (C=O) groups is 2. The number of rotatable bonds is 4. The van der Waals surface area contributed by atoms with Crippen molar-refractivity contribution in [2.75, 3.05) is 0 Å². The van der Waals surface area contributed by atoms with Crippen LogP contribution in [0.1, 0.15) is 26.3 Å². The van der Waals surface area contributed by atoms with E-state index in [4.69, 9.17) is 0 Å². The van der Waals surface area contributed by atoms with Crippen LogP contribution in [0.2, 0.25) is 0 Å². The van der Waals surface area contributed by atoms with Gasteiger partial charge in [0.15, 0.2) is 23.3 Å². The molecule has 0 unspecified atom stereocenters. The van der Waals surface area contributed by atoms with Crippen molar-refractivity contribution in [2.24, 2.45) is 0 Å². The highest BCUT2D eigenvalue weighted by Crippen LogP contribution is 2.29. The van der Waals surface area contributed by atoms with Crippen LogP contribution in [0.15, 0.2) is 30.3 Å². The largest absolute Gasteiger partial charge is 0.416 e. The zero-order valence-corrected chi connectivity index (χ0v) is 16.0. The Kier molecular flexibility index (Phi) is 6.38. The third kappa shape index (κ3) is 4.64. The van der Waals surface area contributed by atoms with Crippen molar-refractivity contribution in [2.45, 2.75) is 6.92 Å². The van der Waals surface area contributed by atoms with Gasteiger partial charge in [-0.05, 0) is 30.7 Å². The van der Waals surface area contributed by atoms with E-state index in [-0.39, 0.29) is 17.7 Å². The molecule has 0 bridgehead atoms.